The zero-order chi connectivity index (χ0) is 12.3. The second-order valence-corrected chi connectivity index (χ2v) is 4.40. The van der Waals surface area contributed by atoms with Gasteiger partial charge in [-0.15, -0.1) is 0 Å². The fourth-order valence-corrected chi connectivity index (χ4v) is 1.92. The van der Waals surface area contributed by atoms with E-state index < -0.39 is 0 Å². The normalized spacial score (nSPS) is 16.6. The topological polar surface area (TPSA) is 36.9 Å². The van der Waals surface area contributed by atoms with Gasteiger partial charge >= 0.3 is 0 Å². The van der Waals surface area contributed by atoms with Gasteiger partial charge in [-0.25, -0.2) is 0 Å². The van der Waals surface area contributed by atoms with Crippen molar-refractivity contribution >= 4 is 5.96 Å². The largest absolute Gasteiger partial charge is 0.380 e. The first-order valence-corrected chi connectivity index (χ1v) is 6.99. The van der Waals surface area contributed by atoms with Gasteiger partial charge in [0.1, 0.15) is 0 Å². The Hall–Kier alpha value is -0.770. The summed E-state index contributed by atoms with van der Waals surface area (Å²) in [6, 6.07) is 0. The molecule has 0 unspecified atom stereocenters. The molecule has 0 aromatic rings. The molecular formula is C13H27N3O. The Morgan fingerprint density at radius 2 is 2.00 bits per heavy atom. The van der Waals surface area contributed by atoms with E-state index in [0.29, 0.717) is 0 Å². The molecule has 0 aliphatic carbocycles. The highest BCUT2D eigenvalue weighted by molar-refractivity contribution is 5.80. The van der Waals surface area contributed by atoms with Crippen molar-refractivity contribution in [2.75, 3.05) is 39.4 Å². The first-order valence-electron chi connectivity index (χ1n) is 6.99. The molecule has 0 aromatic carbocycles. The minimum absolute atomic E-state index is 0.739. The van der Waals surface area contributed by atoms with Crippen molar-refractivity contribution in [3.8, 4) is 0 Å². The summed E-state index contributed by atoms with van der Waals surface area (Å²) >= 11 is 0. The number of aliphatic imine (C=N–C) groups is 1. The summed E-state index contributed by atoms with van der Waals surface area (Å²) in [5.74, 6) is 1.06. The van der Waals surface area contributed by atoms with E-state index in [1.54, 1.807) is 0 Å². The van der Waals surface area contributed by atoms with Gasteiger partial charge in [0.2, 0.25) is 0 Å². The smallest absolute Gasteiger partial charge is 0.193 e. The van der Waals surface area contributed by atoms with Crippen molar-refractivity contribution in [1.82, 2.24) is 10.2 Å². The van der Waals surface area contributed by atoms with Crippen molar-refractivity contribution < 1.29 is 4.74 Å². The van der Waals surface area contributed by atoms with E-state index in [4.69, 9.17) is 4.74 Å². The van der Waals surface area contributed by atoms with Gasteiger partial charge < -0.3 is 15.0 Å². The van der Waals surface area contributed by atoms with Crippen LogP contribution in [0.15, 0.2) is 4.99 Å². The lowest BCUT2D eigenvalue weighted by Gasteiger charge is -2.20. The molecule has 1 heterocycles. The van der Waals surface area contributed by atoms with Gasteiger partial charge in [0.15, 0.2) is 5.96 Å². The van der Waals surface area contributed by atoms with E-state index in [-0.39, 0.29) is 0 Å². The Bertz CT molecular complexity index is 213. The Balaban J connectivity index is 2.21. The maximum Gasteiger partial charge on any atom is 0.193 e. The summed E-state index contributed by atoms with van der Waals surface area (Å²) in [6.07, 6.45) is 4.92. The van der Waals surface area contributed by atoms with Crippen LogP contribution in [-0.2, 0) is 4.74 Å². The van der Waals surface area contributed by atoms with Gasteiger partial charge in [-0.2, -0.15) is 0 Å². The third kappa shape index (κ3) is 5.91. The zero-order valence-electron chi connectivity index (χ0n) is 11.4. The number of nitrogens with zero attached hydrogens (tertiary/aromatic N) is 2. The standard InChI is InChI=1S/C13H27N3O/c1-3-5-11-17-12-8-15-13(14-4-2)16-9-6-7-10-16/h3-12H2,1-2H3,(H,14,15). The number of ether oxygens (including phenoxy) is 1. The van der Waals surface area contributed by atoms with Crippen LogP contribution in [0.4, 0.5) is 0 Å². The molecule has 0 amide bonds. The Labute approximate surface area is 105 Å². The molecule has 0 atom stereocenters. The number of hydrogen-bond donors (Lipinski definition) is 1. The molecule has 4 heteroatoms. The number of hydrogen-bond acceptors (Lipinski definition) is 2. The lowest BCUT2D eigenvalue weighted by Crippen LogP contribution is -2.39. The van der Waals surface area contributed by atoms with Crippen LogP contribution in [0.3, 0.4) is 0 Å². The first kappa shape index (κ1) is 14.3. The van der Waals surface area contributed by atoms with Gasteiger partial charge in [0, 0.05) is 26.2 Å². The predicted octanol–water partition coefficient (Wildman–Crippen LogP) is 1.86. The highest BCUT2D eigenvalue weighted by Gasteiger charge is 2.14. The van der Waals surface area contributed by atoms with Crippen molar-refractivity contribution in [2.24, 2.45) is 4.99 Å². The van der Waals surface area contributed by atoms with E-state index in [1.807, 2.05) is 0 Å². The Morgan fingerprint density at radius 1 is 1.24 bits per heavy atom. The fourth-order valence-electron chi connectivity index (χ4n) is 1.92. The predicted molar refractivity (Wildman–Crippen MR) is 72.5 cm³/mol. The number of nitrogens with one attached hydrogen (secondary N) is 1. The molecule has 1 saturated heterocycles. The molecule has 1 rings (SSSR count). The van der Waals surface area contributed by atoms with Crippen LogP contribution in [0.25, 0.3) is 0 Å². The third-order valence-electron chi connectivity index (χ3n) is 2.88. The molecule has 1 N–H and O–H groups in total. The highest BCUT2D eigenvalue weighted by atomic mass is 16.5. The molecule has 0 aromatic heterocycles. The Kier molecular flexibility index (Phi) is 7.80. The summed E-state index contributed by atoms with van der Waals surface area (Å²) < 4.78 is 5.51. The molecule has 0 bridgehead atoms. The third-order valence-corrected chi connectivity index (χ3v) is 2.88. The molecule has 17 heavy (non-hydrogen) atoms. The van der Waals surface area contributed by atoms with Crippen LogP contribution in [-0.4, -0.2) is 50.3 Å². The lowest BCUT2D eigenvalue weighted by atomic mass is 10.4. The van der Waals surface area contributed by atoms with Crippen molar-refractivity contribution in [3.63, 3.8) is 0 Å². The van der Waals surface area contributed by atoms with Crippen molar-refractivity contribution in [2.45, 2.75) is 39.5 Å². The van der Waals surface area contributed by atoms with Gasteiger partial charge in [-0.05, 0) is 26.2 Å². The van der Waals surface area contributed by atoms with Gasteiger partial charge in [-0.3, -0.25) is 4.99 Å². The highest BCUT2D eigenvalue weighted by Crippen LogP contribution is 2.07. The monoisotopic (exact) mass is 241 g/mol. The molecule has 1 aliphatic heterocycles. The van der Waals surface area contributed by atoms with Crippen LogP contribution in [0.2, 0.25) is 0 Å². The molecule has 0 saturated carbocycles. The molecule has 1 aliphatic rings. The van der Waals surface area contributed by atoms with Gasteiger partial charge in [0.05, 0.1) is 13.2 Å². The minimum atomic E-state index is 0.739. The number of unbranched alkanes of at least 4 members (excludes halogenated alkanes) is 1. The SMILES string of the molecule is CCCCOCCN=C(NCC)N1CCCC1. The van der Waals surface area contributed by atoms with E-state index >= 15 is 0 Å². The summed E-state index contributed by atoms with van der Waals surface area (Å²) in [5, 5.41) is 3.35. The van der Waals surface area contributed by atoms with Gasteiger partial charge in [-0.1, -0.05) is 13.3 Å². The summed E-state index contributed by atoms with van der Waals surface area (Å²) in [7, 11) is 0. The van der Waals surface area contributed by atoms with Crippen LogP contribution in [0.1, 0.15) is 39.5 Å². The number of rotatable bonds is 7. The fraction of sp³-hybridized carbons (Fsp3) is 0.923. The van der Waals surface area contributed by atoms with Crippen LogP contribution >= 0.6 is 0 Å². The van der Waals surface area contributed by atoms with Crippen LogP contribution in [0, 0.1) is 0 Å². The first-order chi connectivity index (χ1) is 8.38. The van der Waals surface area contributed by atoms with Crippen molar-refractivity contribution in [1.29, 1.82) is 0 Å². The number of likely N-dealkylation sites (tertiary alicyclic amines) is 1. The summed E-state index contributed by atoms with van der Waals surface area (Å²) in [6.45, 7) is 9.89. The molecular weight excluding hydrogens is 214 g/mol. The molecule has 100 valence electrons. The van der Waals surface area contributed by atoms with Crippen molar-refractivity contribution in [3.05, 3.63) is 0 Å². The van der Waals surface area contributed by atoms with Crippen LogP contribution in [0.5, 0.6) is 0 Å². The summed E-state index contributed by atoms with van der Waals surface area (Å²) in [5.41, 5.74) is 0. The lowest BCUT2D eigenvalue weighted by molar-refractivity contribution is 0.138. The van der Waals surface area contributed by atoms with E-state index in [2.05, 4.69) is 29.1 Å². The second kappa shape index (κ2) is 9.28. The maximum atomic E-state index is 5.51. The average molecular weight is 241 g/mol. The molecule has 4 nitrogen and oxygen atoms in total. The molecule has 0 spiro atoms. The molecule has 0 radical (unpaired) electrons. The average Bonchev–Trinajstić information content (AvgIpc) is 2.86. The molecule has 1 fully saturated rings. The minimum Gasteiger partial charge on any atom is -0.380 e. The maximum absolute atomic E-state index is 5.51. The Morgan fingerprint density at radius 3 is 2.65 bits per heavy atom. The second-order valence-electron chi connectivity index (χ2n) is 4.40. The summed E-state index contributed by atoms with van der Waals surface area (Å²) in [4.78, 5) is 6.94. The van der Waals surface area contributed by atoms with Gasteiger partial charge in [0.25, 0.3) is 0 Å². The number of guanidine groups is 1. The van der Waals surface area contributed by atoms with Crippen LogP contribution < -0.4 is 5.32 Å². The van der Waals surface area contributed by atoms with E-state index in [9.17, 15) is 0 Å². The zero-order valence-corrected chi connectivity index (χ0v) is 11.4. The van der Waals surface area contributed by atoms with E-state index in [0.717, 1.165) is 51.8 Å². The quantitative estimate of drug-likeness (QED) is 0.420. The van der Waals surface area contributed by atoms with E-state index in [1.165, 1.54) is 19.3 Å².